The Morgan fingerprint density at radius 2 is 2.00 bits per heavy atom. The van der Waals surface area contributed by atoms with E-state index in [4.69, 9.17) is 5.11 Å². The minimum atomic E-state index is -1.15. The van der Waals surface area contributed by atoms with E-state index in [1.54, 1.807) is 30.6 Å². The number of aromatic carboxylic acids is 1. The van der Waals surface area contributed by atoms with E-state index in [-0.39, 0.29) is 11.4 Å². The molecule has 0 saturated heterocycles. The van der Waals surface area contributed by atoms with Gasteiger partial charge in [0.05, 0.1) is 0 Å². The highest BCUT2D eigenvalue weighted by Gasteiger charge is 2.11. The number of aromatic nitrogens is 2. The molecule has 100 valence electrons. The molecule has 0 bridgehead atoms. The number of rotatable bonds is 4. The van der Waals surface area contributed by atoms with Gasteiger partial charge in [-0.05, 0) is 29.8 Å². The van der Waals surface area contributed by atoms with Crippen molar-refractivity contribution in [2.24, 2.45) is 0 Å². The second-order valence-corrected chi connectivity index (χ2v) is 3.81. The molecular weight excluding hydrogens is 258 g/mol. The van der Waals surface area contributed by atoms with Crippen LogP contribution in [0.15, 0.2) is 48.9 Å². The van der Waals surface area contributed by atoms with E-state index in [2.05, 4.69) is 15.3 Å². The number of anilines is 1. The van der Waals surface area contributed by atoms with Crippen molar-refractivity contribution in [1.82, 2.24) is 9.97 Å². The predicted octanol–water partition coefficient (Wildman–Crippen LogP) is 1.83. The van der Waals surface area contributed by atoms with Crippen LogP contribution < -0.4 is 5.32 Å². The molecule has 0 aliphatic heterocycles. The minimum absolute atomic E-state index is 0.0147. The molecule has 6 heteroatoms. The van der Waals surface area contributed by atoms with Crippen LogP contribution in [-0.4, -0.2) is 27.0 Å². The van der Waals surface area contributed by atoms with Gasteiger partial charge in [0.15, 0.2) is 0 Å². The minimum Gasteiger partial charge on any atom is -0.478 e. The molecule has 0 spiro atoms. The summed E-state index contributed by atoms with van der Waals surface area (Å²) in [4.78, 5) is 30.4. The first-order valence-electron chi connectivity index (χ1n) is 5.74. The molecule has 0 fully saturated rings. The number of carboxylic acids is 1. The summed E-state index contributed by atoms with van der Waals surface area (Å²) in [6.45, 7) is 0. The van der Waals surface area contributed by atoms with Gasteiger partial charge in [0, 0.05) is 24.7 Å². The summed E-state index contributed by atoms with van der Waals surface area (Å²) >= 11 is 0. The predicted molar refractivity (Wildman–Crippen MR) is 73.1 cm³/mol. The van der Waals surface area contributed by atoms with Crippen molar-refractivity contribution in [2.75, 3.05) is 5.32 Å². The molecule has 0 radical (unpaired) electrons. The molecule has 2 heterocycles. The molecule has 6 nitrogen and oxygen atoms in total. The van der Waals surface area contributed by atoms with Gasteiger partial charge in [0.25, 0.3) is 0 Å². The molecule has 2 aromatic rings. The number of carbonyl (C=O) groups excluding carboxylic acids is 1. The Bertz CT molecular complexity index is 654. The van der Waals surface area contributed by atoms with E-state index in [0.29, 0.717) is 0 Å². The van der Waals surface area contributed by atoms with Crippen LogP contribution in [-0.2, 0) is 4.79 Å². The fraction of sp³-hybridized carbons (Fsp3) is 0. The molecule has 0 aliphatic rings. The van der Waals surface area contributed by atoms with Crippen molar-refractivity contribution in [3.8, 4) is 0 Å². The number of nitrogens with one attached hydrogen (secondary N) is 1. The molecule has 20 heavy (non-hydrogen) atoms. The molecule has 0 saturated carbocycles. The van der Waals surface area contributed by atoms with Crippen LogP contribution >= 0.6 is 0 Å². The third kappa shape index (κ3) is 3.49. The van der Waals surface area contributed by atoms with Crippen molar-refractivity contribution >= 4 is 23.8 Å². The first-order chi connectivity index (χ1) is 9.66. The Labute approximate surface area is 114 Å². The summed E-state index contributed by atoms with van der Waals surface area (Å²) in [5, 5.41) is 11.4. The third-order valence-electron chi connectivity index (χ3n) is 2.39. The average molecular weight is 269 g/mol. The maximum atomic E-state index is 11.7. The molecule has 0 unspecified atom stereocenters. The van der Waals surface area contributed by atoms with E-state index in [1.807, 2.05) is 0 Å². The number of hydrogen-bond acceptors (Lipinski definition) is 4. The first kappa shape index (κ1) is 13.4. The zero-order valence-electron chi connectivity index (χ0n) is 10.4. The number of nitrogens with zero attached hydrogens (tertiary/aromatic N) is 2. The van der Waals surface area contributed by atoms with Gasteiger partial charge in [0.1, 0.15) is 11.4 Å². The highest BCUT2D eigenvalue weighted by atomic mass is 16.4. The van der Waals surface area contributed by atoms with Crippen molar-refractivity contribution in [1.29, 1.82) is 0 Å². The number of carbonyl (C=O) groups is 2. The Kier molecular flexibility index (Phi) is 4.18. The summed E-state index contributed by atoms with van der Waals surface area (Å²) in [6.07, 6.45) is 7.51. The molecule has 0 aromatic carbocycles. The number of amides is 1. The largest absolute Gasteiger partial charge is 0.478 e. The Morgan fingerprint density at radius 3 is 2.70 bits per heavy atom. The lowest BCUT2D eigenvalue weighted by molar-refractivity contribution is -0.111. The highest BCUT2D eigenvalue weighted by molar-refractivity contribution is 6.05. The van der Waals surface area contributed by atoms with Gasteiger partial charge in [-0.25, -0.2) is 9.78 Å². The maximum Gasteiger partial charge on any atom is 0.339 e. The molecule has 0 atom stereocenters. The molecule has 0 aliphatic carbocycles. The lowest BCUT2D eigenvalue weighted by Crippen LogP contribution is -2.13. The number of pyridine rings is 2. The van der Waals surface area contributed by atoms with E-state index >= 15 is 0 Å². The van der Waals surface area contributed by atoms with E-state index in [1.165, 1.54) is 24.4 Å². The van der Waals surface area contributed by atoms with Gasteiger partial charge < -0.3 is 10.4 Å². The van der Waals surface area contributed by atoms with Gasteiger partial charge in [-0.15, -0.1) is 0 Å². The topological polar surface area (TPSA) is 92.2 Å². The summed E-state index contributed by atoms with van der Waals surface area (Å²) in [7, 11) is 0. The van der Waals surface area contributed by atoms with E-state index in [0.717, 1.165) is 5.56 Å². The van der Waals surface area contributed by atoms with Gasteiger partial charge in [-0.2, -0.15) is 0 Å². The average Bonchev–Trinajstić information content (AvgIpc) is 2.46. The Balaban J connectivity index is 2.09. The van der Waals surface area contributed by atoms with Gasteiger partial charge in [-0.1, -0.05) is 6.07 Å². The smallest absolute Gasteiger partial charge is 0.339 e. The SMILES string of the molecule is O=C(C=Cc1cccnc1)Nc1ncccc1C(=O)O. The fourth-order valence-corrected chi connectivity index (χ4v) is 1.48. The maximum absolute atomic E-state index is 11.7. The summed E-state index contributed by atoms with van der Waals surface area (Å²) in [5.41, 5.74) is 0.706. The number of hydrogen-bond donors (Lipinski definition) is 2. The van der Waals surface area contributed by atoms with Crippen LogP contribution in [0.3, 0.4) is 0 Å². The van der Waals surface area contributed by atoms with Crippen LogP contribution in [0.2, 0.25) is 0 Å². The molecule has 2 aromatic heterocycles. The van der Waals surface area contributed by atoms with Gasteiger partial charge in [0.2, 0.25) is 5.91 Å². The lowest BCUT2D eigenvalue weighted by atomic mass is 10.2. The first-order valence-corrected chi connectivity index (χ1v) is 5.74. The Morgan fingerprint density at radius 1 is 1.20 bits per heavy atom. The molecule has 2 rings (SSSR count). The normalized spacial score (nSPS) is 10.4. The van der Waals surface area contributed by atoms with Crippen molar-refractivity contribution in [3.05, 3.63) is 60.1 Å². The molecule has 1 amide bonds. The lowest BCUT2D eigenvalue weighted by Gasteiger charge is -2.04. The van der Waals surface area contributed by atoms with Crippen LogP contribution in [0.5, 0.6) is 0 Å². The van der Waals surface area contributed by atoms with Gasteiger partial charge in [-0.3, -0.25) is 9.78 Å². The molecule has 2 N–H and O–H groups in total. The van der Waals surface area contributed by atoms with Crippen molar-refractivity contribution in [3.63, 3.8) is 0 Å². The third-order valence-corrected chi connectivity index (χ3v) is 2.39. The highest BCUT2D eigenvalue weighted by Crippen LogP contribution is 2.11. The summed E-state index contributed by atoms with van der Waals surface area (Å²) in [5.74, 6) is -1.60. The zero-order chi connectivity index (χ0) is 14.4. The van der Waals surface area contributed by atoms with Crippen molar-refractivity contribution in [2.45, 2.75) is 0 Å². The second kappa shape index (κ2) is 6.24. The standard InChI is InChI=1S/C14H11N3O3/c18-12(6-5-10-3-1-7-15-9-10)17-13-11(14(19)20)4-2-8-16-13/h1-9H,(H,19,20)(H,16,17,18). The Hall–Kier alpha value is -3.02. The number of carboxylic acid groups (broad SMARTS) is 1. The summed E-state index contributed by atoms with van der Waals surface area (Å²) < 4.78 is 0. The van der Waals surface area contributed by atoms with E-state index < -0.39 is 11.9 Å². The second-order valence-electron chi connectivity index (χ2n) is 3.81. The monoisotopic (exact) mass is 269 g/mol. The molecular formula is C14H11N3O3. The fourth-order valence-electron chi connectivity index (χ4n) is 1.48. The zero-order valence-corrected chi connectivity index (χ0v) is 10.4. The van der Waals surface area contributed by atoms with Crippen molar-refractivity contribution < 1.29 is 14.7 Å². The van der Waals surface area contributed by atoms with Crippen LogP contribution in [0.1, 0.15) is 15.9 Å². The van der Waals surface area contributed by atoms with E-state index in [9.17, 15) is 9.59 Å². The quantitative estimate of drug-likeness (QED) is 0.826. The van der Waals surface area contributed by atoms with Crippen LogP contribution in [0.25, 0.3) is 6.08 Å². The van der Waals surface area contributed by atoms with Crippen LogP contribution in [0.4, 0.5) is 5.82 Å². The van der Waals surface area contributed by atoms with Gasteiger partial charge >= 0.3 is 5.97 Å². The van der Waals surface area contributed by atoms with Crippen LogP contribution in [0, 0.1) is 0 Å². The summed E-state index contributed by atoms with van der Waals surface area (Å²) in [6, 6.07) is 6.40.